The molecule has 1 saturated heterocycles. The Kier molecular flexibility index (Phi) is 0.320. The van der Waals surface area contributed by atoms with Gasteiger partial charge in [-0.3, -0.25) is 0 Å². The highest BCUT2D eigenvalue weighted by Gasteiger charge is 2.28. The molecule has 1 nitrogen and oxygen atoms in total. The molecule has 1 N–H and O–H groups in total. The summed E-state index contributed by atoms with van der Waals surface area (Å²) in [7, 11) is 0. The standard InChI is InChI=1S/C5H7N/c1-2-4(1)5-3-6-5/h1,5-6H,2-3H2/t5-/m1/s1. The summed E-state index contributed by atoms with van der Waals surface area (Å²) < 4.78 is 0. The lowest BCUT2D eigenvalue weighted by Crippen LogP contribution is -1.82. The van der Waals surface area contributed by atoms with Crippen LogP contribution >= 0.6 is 0 Å². The van der Waals surface area contributed by atoms with Gasteiger partial charge in [-0.05, 0) is 6.42 Å². The van der Waals surface area contributed by atoms with Crippen molar-refractivity contribution in [3.63, 3.8) is 0 Å². The van der Waals surface area contributed by atoms with E-state index in [2.05, 4.69) is 11.4 Å². The van der Waals surface area contributed by atoms with Gasteiger partial charge in [0.25, 0.3) is 0 Å². The number of rotatable bonds is 1. The molecule has 1 aliphatic carbocycles. The molecule has 1 aliphatic heterocycles. The number of nitrogens with one attached hydrogen (secondary N) is 1. The van der Waals surface area contributed by atoms with E-state index in [1.165, 1.54) is 13.0 Å². The minimum atomic E-state index is 0.824. The van der Waals surface area contributed by atoms with E-state index in [0.29, 0.717) is 0 Å². The van der Waals surface area contributed by atoms with Crippen molar-refractivity contribution in [3.05, 3.63) is 11.6 Å². The van der Waals surface area contributed by atoms with Crippen molar-refractivity contribution in [1.29, 1.82) is 0 Å². The van der Waals surface area contributed by atoms with Gasteiger partial charge in [0.15, 0.2) is 0 Å². The zero-order chi connectivity index (χ0) is 3.98. The van der Waals surface area contributed by atoms with Crippen LogP contribution in [0.15, 0.2) is 11.6 Å². The molecular formula is C5H7N. The first-order valence-corrected chi connectivity index (χ1v) is 2.39. The van der Waals surface area contributed by atoms with Gasteiger partial charge in [0.05, 0.1) is 0 Å². The Morgan fingerprint density at radius 2 is 2.50 bits per heavy atom. The van der Waals surface area contributed by atoms with Crippen molar-refractivity contribution in [2.24, 2.45) is 0 Å². The Hall–Kier alpha value is -0.300. The second kappa shape index (κ2) is 0.684. The van der Waals surface area contributed by atoms with Gasteiger partial charge in [0.1, 0.15) is 0 Å². The second-order valence-corrected chi connectivity index (χ2v) is 1.94. The Morgan fingerprint density at radius 1 is 1.83 bits per heavy atom. The molecule has 2 aliphatic rings. The summed E-state index contributed by atoms with van der Waals surface area (Å²) in [6.07, 6.45) is 3.57. The summed E-state index contributed by atoms with van der Waals surface area (Å²) in [5, 5.41) is 3.23. The van der Waals surface area contributed by atoms with Crippen LogP contribution in [0.1, 0.15) is 6.42 Å². The van der Waals surface area contributed by atoms with E-state index >= 15 is 0 Å². The zero-order valence-electron chi connectivity index (χ0n) is 3.57. The van der Waals surface area contributed by atoms with Gasteiger partial charge in [-0.1, -0.05) is 11.6 Å². The summed E-state index contributed by atoms with van der Waals surface area (Å²) in [6.45, 7) is 1.24. The molecular weight excluding hydrogens is 74.1 g/mol. The molecule has 1 atom stereocenters. The number of allylic oxidation sites excluding steroid dienone is 1. The molecule has 0 aromatic rings. The van der Waals surface area contributed by atoms with E-state index < -0.39 is 0 Å². The third-order valence-electron chi connectivity index (χ3n) is 1.30. The van der Waals surface area contributed by atoms with Gasteiger partial charge >= 0.3 is 0 Å². The molecule has 32 valence electrons. The molecule has 2 rings (SSSR count). The number of hydrogen-bond donors (Lipinski definition) is 1. The summed E-state index contributed by atoms with van der Waals surface area (Å²) in [6, 6.07) is 0.824. The molecule has 1 fully saturated rings. The quantitative estimate of drug-likeness (QED) is 0.355. The molecule has 0 saturated carbocycles. The van der Waals surface area contributed by atoms with Gasteiger partial charge in [-0.25, -0.2) is 0 Å². The van der Waals surface area contributed by atoms with Crippen LogP contribution in [-0.4, -0.2) is 12.6 Å². The van der Waals surface area contributed by atoms with E-state index in [1.807, 2.05) is 0 Å². The summed E-state index contributed by atoms with van der Waals surface area (Å²) in [4.78, 5) is 0. The predicted molar refractivity (Wildman–Crippen MR) is 24.5 cm³/mol. The SMILES string of the molecule is C1=C([C@H]2CN2)C1. The van der Waals surface area contributed by atoms with Crippen LogP contribution in [0.4, 0.5) is 0 Å². The minimum Gasteiger partial charge on any atom is -0.307 e. The Labute approximate surface area is 37.0 Å². The van der Waals surface area contributed by atoms with Gasteiger partial charge < -0.3 is 5.32 Å². The van der Waals surface area contributed by atoms with Gasteiger partial charge in [0.2, 0.25) is 0 Å². The molecule has 0 spiro atoms. The molecule has 0 radical (unpaired) electrons. The fourth-order valence-corrected chi connectivity index (χ4v) is 0.665. The Bertz CT molecular complexity index is 101. The zero-order valence-corrected chi connectivity index (χ0v) is 3.57. The van der Waals surface area contributed by atoms with Crippen LogP contribution in [0.5, 0.6) is 0 Å². The molecule has 0 aromatic heterocycles. The monoisotopic (exact) mass is 81.1 g/mol. The average molecular weight is 81.1 g/mol. The third-order valence-corrected chi connectivity index (χ3v) is 1.30. The van der Waals surface area contributed by atoms with Crippen LogP contribution < -0.4 is 5.32 Å². The molecule has 0 amide bonds. The fraction of sp³-hybridized carbons (Fsp3) is 0.600. The molecule has 0 bridgehead atoms. The van der Waals surface area contributed by atoms with E-state index in [0.717, 1.165) is 6.04 Å². The largest absolute Gasteiger partial charge is 0.307 e. The average Bonchev–Trinajstić information content (AvgIpc) is 2.26. The molecule has 1 heterocycles. The minimum absolute atomic E-state index is 0.824. The van der Waals surface area contributed by atoms with Gasteiger partial charge in [0, 0.05) is 12.6 Å². The van der Waals surface area contributed by atoms with Crippen LogP contribution in [0, 0.1) is 0 Å². The first-order chi connectivity index (χ1) is 2.97. The summed E-state index contributed by atoms with van der Waals surface area (Å²) in [5.41, 5.74) is 1.63. The number of hydrogen-bond acceptors (Lipinski definition) is 1. The first kappa shape index (κ1) is 2.80. The Balaban J connectivity index is 2.07. The molecule has 1 heteroatoms. The van der Waals surface area contributed by atoms with Crippen molar-refractivity contribution in [2.45, 2.75) is 12.5 Å². The summed E-state index contributed by atoms with van der Waals surface area (Å²) >= 11 is 0. The predicted octanol–water partition coefficient (Wildman–Crippen LogP) is 0.288. The van der Waals surface area contributed by atoms with Crippen molar-refractivity contribution in [1.82, 2.24) is 5.32 Å². The van der Waals surface area contributed by atoms with Crippen LogP contribution in [0.25, 0.3) is 0 Å². The van der Waals surface area contributed by atoms with Crippen LogP contribution in [0.2, 0.25) is 0 Å². The fourth-order valence-electron chi connectivity index (χ4n) is 0.665. The van der Waals surface area contributed by atoms with Crippen molar-refractivity contribution in [3.8, 4) is 0 Å². The maximum atomic E-state index is 3.23. The maximum Gasteiger partial charge on any atom is 0.0409 e. The van der Waals surface area contributed by atoms with E-state index in [1.54, 1.807) is 5.57 Å². The van der Waals surface area contributed by atoms with E-state index in [9.17, 15) is 0 Å². The second-order valence-electron chi connectivity index (χ2n) is 1.94. The maximum absolute atomic E-state index is 3.23. The summed E-state index contributed by atoms with van der Waals surface area (Å²) in [5.74, 6) is 0. The Morgan fingerprint density at radius 3 is 2.67 bits per heavy atom. The van der Waals surface area contributed by atoms with Crippen LogP contribution in [-0.2, 0) is 0 Å². The highest BCUT2D eigenvalue weighted by molar-refractivity contribution is 5.32. The molecule has 6 heavy (non-hydrogen) atoms. The third kappa shape index (κ3) is 0.287. The van der Waals surface area contributed by atoms with E-state index in [4.69, 9.17) is 0 Å². The smallest absolute Gasteiger partial charge is 0.0409 e. The lowest BCUT2D eigenvalue weighted by atomic mass is 10.4. The highest BCUT2D eigenvalue weighted by atomic mass is 15.1. The van der Waals surface area contributed by atoms with Crippen molar-refractivity contribution in [2.75, 3.05) is 6.54 Å². The van der Waals surface area contributed by atoms with Crippen LogP contribution in [0.3, 0.4) is 0 Å². The highest BCUT2D eigenvalue weighted by Crippen LogP contribution is 2.26. The lowest BCUT2D eigenvalue weighted by Gasteiger charge is -1.71. The topological polar surface area (TPSA) is 21.9 Å². The lowest BCUT2D eigenvalue weighted by molar-refractivity contribution is 1.15. The van der Waals surface area contributed by atoms with E-state index in [-0.39, 0.29) is 0 Å². The molecule has 0 aromatic carbocycles. The normalized spacial score (nSPS) is 38.7. The first-order valence-electron chi connectivity index (χ1n) is 2.39. The van der Waals surface area contributed by atoms with Crippen molar-refractivity contribution >= 4 is 0 Å². The van der Waals surface area contributed by atoms with Crippen molar-refractivity contribution < 1.29 is 0 Å². The van der Waals surface area contributed by atoms with Gasteiger partial charge in [-0.2, -0.15) is 0 Å². The van der Waals surface area contributed by atoms with Gasteiger partial charge in [-0.15, -0.1) is 0 Å². The molecule has 0 unspecified atom stereocenters.